The van der Waals surface area contributed by atoms with E-state index >= 15 is 0 Å². The van der Waals surface area contributed by atoms with E-state index in [4.69, 9.17) is 4.74 Å². The van der Waals surface area contributed by atoms with Gasteiger partial charge in [0, 0.05) is 5.69 Å². The summed E-state index contributed by atoms with van der Waals surface area (Å²) in [5.41, 5.74) is 3.16. The molecule has 0 bridgehead atoms. The summed E-state index contributed by atoms with van der Waals surface area (Å²) < 4.78 is 33.2. The normalized spacial score (nSPS) is 11.1. The predicted octanol–water partition coefficient (Wildman–Crippen LogP) is 5.18. The van der Waals surface area contributed by atoms with Crippen LogP contribution in [0, 0.1) is 6.92 Å². The Balaban J connectivity index is 1.84. The van der Waals surface area contributed by atoms with Crippen LogP contribution in [0.5, 0.6) is 5.75 Å². The van der Waals surface area contributed by atoms with Crippen molar-refractivity contribution < 1.29 is 17.9 Å². The highest BCUT2D eigenvalue weighted by molar-refractivity contribution is 7.92. The molecule has 7 heteroatoms. The minimum atomic E-state index is -3.96. The van der Waals surface area contributed by atoms with E-state index in [1.165, 1.54) is 12.7 Å². The van der Waals surface area contributed by atoms with Gasteiger partial charge < -0.3 is 10.1 Å². The predicted molar refractivity (Wildman–Crippen MR) is 132 cm³/mol. The van der Waals surface area contributed by atoms with Crippen LogP contribution in [0.25, 0.3) is 0 Å². The number of aryl methyl sites for hydroxylation is 2. The number of rotatable bonds is 10. The molecular formula is C26H30N2O4S. The molecular weight excluding hydrogens is 436 g/mol. The summed E-state index contributed by atoms with van der Waals surface area (Å²) in [6.45, 7) is 3.67. The van der Waals surface area contributed by atoms with Crippen molar-refractivity contribution in [3.8, 4) is 5.75 Å². The summed E-state index contributed by atoms with van der Waals surface area (Å²) >= 11 is 0. The van der Waals surface area contributed by atoms with Crippen molar-refractivity contribution in [1.29, 1.82) is 0 Å². The zero-order chi connectivity index (χ0) is 23.8. The lowest BCUT2D eigenvalue weighted by Gasteiger charge is -2.24. The number of nitrogens with one attached hydrogen (secondary N) is 1. The minimum absolute atomic E-state index is 0.122. The quantitative estimate of drug-likeness (QED) is 0.447. The molecule has 3 aromatic carbocycles. The molecule has 3 rings (SSSR count). The number of carbonyl (C=O) groups excluding carboxylic acids is 1. The van der Waals surface area contributed by atoms with Gasteiger partial charge in [0.15, 0.2) is 0 Å². The molecule has 0 aromatic heterocycles. The van der Waals surface area contributed by atoms with Gasteiger partial charge in [-0.2, -0.15) is 0 Å². The first-order valence-electron chi connectivity index (χ1n) is 11.0. The van der Waals surface area contributed by atoms with Crippen molar-refractivity contribution in [2.75, 3.05) is 23.3 Å². The Bertz CT molecular complexity index is 1160. The van der Waals surface area contributed by atoms with E-state index in [9.17, 15) is 13.2 Å². The number of amides is 1. The fraction of sp³-hybridized carbons (Fsp3) is 0.269. The van der Waals surface area contributed by atoms with E-state index in [0.29, 0.717) is 17.1 Å². The molecule has 6 nitrogen and oxygen atoms in total. The van der Waals surface area contributed by atoms with Crippen LogP contribution in [0.3, 0.4) is 0 Å². The van der Waals surface area contributed by atoms with Crippen molar-refractivity contribution in [1.82, 2.24) is 0 Å². The SMILES string of the molecule is CCCCc1ccc(NC(=O)CN(c2ccc(OC)cc2)S(=O)(=O)c2ccc(C)cc2)cc1. The van der Waals surface area contributed by atoms with Crippen LogP contribution < -0.4 is 14.4 Å². The number of anilines is 2. The number of carbonyl (C=O) groups is 1. The van der Waals surface area contributed by atoms with E-state index in [1.54, 1.807) is 48.5 Å². The van der Waals surface area contributed by atoms with E-state index < -0.39 is 15.9 Å². The average Bonchev–Trinajstić information content (AvgIpc) is 2.82. The molecule has 0 heterocycles. The van der Waals surface area contributed by atoms with Crippen LogP contribution in [0.1, 0.15) is 30.9 Å². The van der Waals surface area contributed by atoms with Gasteiger partial charge in [0.05, 0.1) is 17.7 Å². The zero-order valence-electron chi connectivity index (χ0n) is 19.2. The third-order valence-electron chi connectivity index (χ3n) is 5.31. The number of hydrogen-bond acceptors (Lipinski definition) is 4. The summed E-state index contributed by atoms with van der Waals surface area (Å²) in [6.07, 6.45) is 3.22. The van der Waals surface area contributed by atoms with Gasteiger partial charge in [0.2, 0.25) is 5.91 Å². The minimum Gasteiger partial charge on any atom is -0.497 e. The number of unbranched alkanes of at least 4 members (excludes halogenated alkanes) is 1. The topological polar surface area (TPSA) is 75.7 Å². The molecule has 0 saturated carbocycles. The molecule has 0 fully saturated rings. The first-order chi connectivity index (χ1) is 15.8. The average molecular weight is 467 g/mol. The Morgan fingerprint density at radius 1 is 0.939 bits per heavy atom. The van der Waals surface area contributed by atoms with Gasteiger partial charge in [-0.05, 0) is 73.9 Å². The van der Waals surface area contributed by atoms with Gasteiger partial charge in [0.25, 0.3) is 10.0 Å². The summed E-state index contributed by atoms with van der Waals surface area (Å²) in [5.74, 6) is 0.168. The molecule has 174 valence electrons. The molecule has 0 radical (unpaired) electrons. The lowest BCUT2D eigenvalue weighted by molar-refractivity contribution is -0.114. The summed E-state index contributed by atoms with van der Waals surface area (Å²) in [6, 6.07) is 20.8. The standard InChI is InChI=1S/C26H30N2O4S/c1-4-5-6-21-9-11-22(12-10-21)27-26(29)19-28(23-13-15-24(32-3)16-14-23)33(30,31)25-17-7-20(2)8-18-25/h7-18H,4-6,19H2,1-3H3,(H,27,29). The number of nitrogens with zero attached hydrogens (tertiary/aromatic N) is 1. The largest absolute Gasteiger partial charge is 0.497 e. The third kappa shape index (κ3) is 6.35. The van der Waals surface area contributed by atoms with Crippen LogP contribution in [0.15, 0.2) is 77.7 Å². The number of hydrogen-bond donors (Lipinski definition) is 1. The first kappa shape index (κ1) is 24.3. The molecule has 0 spiro atoms. The monoisotopic (exact) mass is 466 g/mol. The highest BCUT2D eigenvalue weighted by Gasteiger charge is 2.27. The zero-order valence-corrected chi connectivity index (χ0v) is 20.1. The molecule has 3 aromatic rings. The molecule has 1 amide bonds. The fourth-order valence-electron chi connectivity index (χ4n) is 3.37. The maximum absolute atomic E-state index is 13.4. The molecule has 0 aliphatic heterocycles. The summed E-state index contributed by atoms with van der Waals surface area (Å²) in [7, 11) is -2.42. The highest BCUT2D eigenvalue weighted by atomic mass is 32.2. The highest BCUT2D eigenvalue weighted by Crippen LogP contribution is 2.26. The van der Waals surface area contributed by atoms with E-state index in [2.05, 4.69) is 12.2 Å². The molecule has 0 aliphatic rings. The van der Waals surface area contributed by atoms with Crippen molar-refractivity contribution in [3.05, 3.63) is 83.9 Å². The van der Waals surface area contributed by atoms with E-state index in [1.807, 2.05) is 31.2 Å². The Morgan fingerprint density at radius 2 is 1.58 bits per heavy atom. The van der Waals surface area contributed by atoms with Gasteiger partial charge in [0.1, 0.15) is 12.3 Å². The van der Waals surface area contributed by atoms with E-state index in [-0.39, 0.29) is 11.4 Å². The van der Waals surface area contributed by atoms with Gasteiger partial charge in [-0.25, -0.2) is 8.42 Å². The number of methoxy groups -OCH3 is 1. The van der Waals surface area contributed by atoms with Gasteiger partial charge in [-0.1, -0.05) is 43.2 Å². The molecule has 0 aliphatic carbocycles. The van der Waals surface area contributed by atoms with Crippen LogP contribution in [-0.4, -0.2) is 28.0 Å². The first-order valence-corrected chi connectivity index (χ1v) is 12.4. The van der Waals surface area contributed by atoms with Crippen molar-refractivity contribution >= 4 is 27.3 Å². The number of sulfonamides is 1. The van der Waals surface area contributed by atoms with Gasteiger partial charge in [-0.3, -0.25) is 9.10 Å². The fourth-order valence-corrected chi connectivity index (χ4v) is 4.79. The molecule has 33 heavy (non-hydrogen) atoms. The third-order valence-corrected chi connectivity index (χ3v) is 7.10. The summed E-state index contributed by atoms with van der Waals surface area (Å²) in [4.78, 5) is 13.0. The Hall–Kier alpha value is -3.32. The van der Waals surface area contributed by atoms with Crippen LogP contribution >= 0.6 is 0 Å². The van der Waals surface area contributed by atoms with Crippen molar-refractivity contribution in [2.45, 2.75) is 38.0 Å². The summed E-state index contributed by atoms with van der Waals surface area (Å²) in [5, 5.41) is 2.81. The molecule has 0 unspecified atom stereocenters. The van der Waals surface area contributed by atoms with Crippen LogP contribution in [0.2, 0.25) is 0 Å². The maximum Gasteiger partial charge on any atom is 0.264 e. The molecule has 1 N–H and O–H groups in total. The van der Waals surface area contributed by atoms with Crippen LogP contribution in [0.4, 0.5) is 11.4 Å². The van der Waals surface area contributed by atoms with Crippen LogP contribution in [-0.2, 0) is 21.2 Å². The van der Waals surface area contributed by atoms with Crippen molar-refractivity contribution in [3.63, 3.8) is 0 Å². The maximum atomic E-state index is 13.4. The second-order valence-electron chi connectivity index (χ2n) is 7.87. The Kier molecular flexibility index (Phi) is 8.11. The Morgan fingerprint density at radius 3 is 2.15 bits per heavy atom. The van der Waals surface area contributed by atoms with Gasteiger partial charge in [-0.15, -0.1) is 0 Å². The molecule has 0 saturated heterocycles. The van der Waals surface area contributed by atoms with Crippen molar-refractivity contribution in [2.24, 2.45) is 0 Å². The van der Waals surface area contributed by atoms with E-state index in [0.717, 1.165) is 29.1 Å². The number of benzene rings is 3. The van der Waals surface area contributed by atoms with Gasteiger partial charge >= 0.3 is 0 Å². The Labute approximate surface area is 196 Å². The lowest BCUT2D eigenvalue weighted by atomic mass is 10.1. The smallest absolute Gasteiger partial charge is 0.264 e. The second-order valence-corrected chi connectivity index (χ2v) is 9.73. The molecule has 0 atom stereocenters. The second kappa shape index (κ2) is 11.0. The lowest BCUT2D eigenvalue weighted by Crippen LogP contribution is -2.38. The number of ether oxygens (including phenoxy) is 1.